The van der Waals surface area contributed by atoms with E-state index >= 15 is 0 Å². The number of hydrogen-bond donors (Lipinski definition) is 2. The third-order valence-corrected chi connectivity index (χ3v) is 4.50. The van der Waals surface area contributed by atoms with Crippen molar-refractivity contribution in [1.29, 1.82) is 0 Å². The minimum Gasteiger partial charge on any atom is -0.496 e. The molecule has 1 aromatic heterocycles. The highest BCUT2D eigenvalue weighted by molar-refractivity contribution is 5.76. The lowest BCUT2D eigenvalue weighted by Crippen LogP contribution is -2.42. The van der Waals surface area contributed by atoms with E-state index in [9.17, 15) is 9.59 Å². The molecule has 0 spiro atoms. The second-order valence-electron chi connectivity index (χ2n) is 6.35. The van der Waals surface area contributed by atoms with Crippen molar-refractivity contribution in [2.24, 2.45) is 0 Å². The number of ether oxygens (including phenoxy) is 1. The zero-order valence-electron chi connectivity index (χ0n) is 15.4. The molecule has 1 aromatic rings. The molecule has 0 aliphatic carbocycles. The van der Waals surface area contributed by atoms with Crippen LogP contribution in [0.1, 0.15) is 42.5 Å². The molecule has 3 amide bonds. The average molecular weight is 348 g/mol. The summed E-state index contributed by atoms with van der Waals surface area (Å²) in [6.07, 6.45) is 5.47. The van der Waals surface area contributed by atoms with Crippen molar-refractivity contribution >= 4 is 11.9 Å². The number of methoxy groups -OCH3 is 1. The van der Waals surface area contributed by atoms with Crippen LogP contribution in [-0.2, 0) is 11.3 Å². The number of carbonyl (C=O) groups excluding carboxylic acids is 2. The van der Waals surface area contributed by atoms with E-state index in [0.717, 1.165) is 48.4 Å². The summed E-state index contributed by atoms with van der Waals surface area (Å²) >= 11 is 0. The van der Waals surface area contributed by atoms with Gasteiger partial charge in [-0.05, 0) is 26.7 Å². The Labute approximate surface area is 149 Å². The molecule has 7 heteroatoms. The predicted octanol–water partition coefficient (Wildman–Crippen LogP) is 1.91. The van der Waals surface area contributed by atoms with Gasteiger partial charge in [0.1, 0.15) is 5.75 Å². The zero-order valence-corrected chi connectivity index (χ0v) is 15.4. The highest BCUT2D eigenvalue weighted by Crippen LogP contribution is 2.23. The molecule has 0 radical (unpaired) electrons. The van der Waals surface area contributed by atoms with Gasteiger partial charge in [0.2, 0.25) is 5.91 Å². The van der Waals surface area contributed by atoms with Crippen LogP contribution in [0.3, 0.4) is 0 Å². The van der Waals surface area contributed by atoms with Crippen molar-refractivity contribution < 1.29 is 14.3 Å². The highest BCUT2D eigenvalue weighted by Gasteiger charge is 2.16. The summed E-state index contributed by atoms with van der Waals surface area (Å²) in [6.45, 7) is 5.99. The van der Waals surface area contributed by atoms with Crippen LogP contribution in [0.5, 0.6) is 5.75 Å². The minimum absolute atomic E-state index is 0.186. The van der Waals surface area contributed by atoms with Gasteiger partial charge in [-0.2, -0.15) is 0 Å². The molecule has 0 aromatic carbocycles. The van der Waals surface area contributed by atoms with E-state index < -0.39 is 0 Å². The fourth-order valence-electron chi connectivity index (χ4n) is 3.06. The van der Waals surface area contributed by atoms with E-state index in [2.05, 4.69) is 15.6 Å². The Morgan fingerprint density at radius 1 is 1.28 bits per heavy atom. The van der Waals surface area contributed by atoms with Crippen molar-refractivity contribution in [2.75, 3.05) is 26.7 Å². The van der Waals surface area contributed by atoms with Gasteiger partial charge in [0.15, 0.2) is 0 Å². The molecule has 138 valence electrons. The van der Waals surface area contributed by atoms with Crippen LogP contribution in [0.15, 0.2) is 6.20 Å². The number of nitrogens with zero attached hydrogens (tertiary/aromatic N) is 2. The molecule has 1 aliphatic heterocycles. The second-order valence-corrected chi connectivity index (χ2v) is 6.35. The summed E-state index contributed by atoms with van der Waals surface area (Å²) in [4.78, 5) is 30.1. The monoisotopic (exact) mass is 348 g/mol. The molecule has 2 heterocycles. The van der Waals surface area contributed by atoms with Gasteiger partial charge in [0.05, 0.1) is 19.3 Å². The molecule has 25 heavy (non-hydrogen) atoms. The Morgan fingerprint density at radius 2 is 2.08 bits per heavy atom. The molecule has 1 saturated heterocycles. The van der Waals surface area contributed by atoms with Crippen LogP contribution in [0.4, 0.5) is 4.79 Å². The Kier molecular flexibility index (Phi) is 7.03. The fraction of sp³-hybridized carbons (Fsp3) is 0.611. The van der Waals surface area contributed by atoms with Crippen LogP contribution in [0, 0.1) is 13.8 Å². The van der Waals surface area contributed by atoms with Crippen molar-refractivity contribution in [2.45, 2.75) is 46.1 Å². The molecular formula is C18H28N4O3. The molecule has 0 atom stereocenters. The van der Waals surface area contributed by atoms with E-state index in [1.807, 2.05) is 18.7 Å². The average Bonchev–Trinajstić information content (AvgIpc) is 2.79. The number of amides is 3. The minimum atomic E-state index is -0.261. The molecule has 0 unspecified atom stereocenters. The molecule has 1 fully saturated rings. The van der Waals surface area contributed by atoms with Gasteiger partial charge in [-0.3, -0.25) is 9.78 Å². The van der Waals surface area contributed by atoms with Crippen LogP contribution in [-0.4, -0.2) is 48.6 Å². The van der Waals surface area contributed by atoms with E-state index in [0.29, 0.717) is 26.1 Å². The number of aryl methyl sites for hydroxylation is 1. The Morgan fingerprint density at radius 3 is 2.84 bits per heavy atom. The third-order valence-electron chi connectivity index (χ3n) is 4.50. The standard InChI is InChI=1S/C18H28N4O3/c1-13-11-20-15(14(2)17(13)25-3)12-21-18(24)19-8-10-22-9-6-4-5-7-16(22)23/h11H,4-10,12H2,1-3H3,(H2,19,21,24). The number of aromatic nitrogens is 1. The van der Waals surface area contributed by atoms with Crippen LogP contribution in [0.2, 0.25) is 0 Å². The number of likely N-dealkylation sites (tertiary alicyclic amines) is 1. The summed E-state index contributed by atoms with van der Waals surface area (Å²) in [6, 6.07) is -0.261. The lowest BCUT2D eigenvalue weighted by atomic mass is 10.1. The summed E-state index contributed by atoms with van der Waals surface area (Å²) in [5, 5.41) is 5.60. The van der Waals surface area contributed by atoms with Gasteiger partial charge < -0.3 is 20.3 Å². The lowest BCUT2D eigenvalue weighted by Gasteiger charge is -2.20. The van der Waals surface area contributed by atoms with Crippen LogP contribution < -0.4 is 15.4 Å². The topological polar surface area (TPSA) is 83.6 Å². The molecule has 0 bridgehead atoms. The summed E-state index contributed by atoms with van der Waals surface area (Å²) < 4.78 is 5.37. The highest BCUT2D eigenvalue weighted by atomic mass is 16.5. The van der Waals surface area contributed by atoms with Gasteiger partial charge >= 0.3 is 6.03 Å². The molecular weight excluding hydrogens is 320 g/mol. The van der Waals surface area contributed by atoms with E-state index in [1.165, 1.54) is 0 Å². The Balaban J connectivity index is 1.76. The number of hydrogen-bond acceptors (Lipinski definition) is 4. The van der Waals surface area contributed by atoms with E-state index in [4.69, 9.17) is 4.74 Å². The summed E-state index contributed by atoms with van der Waals surface area (Å²) in [5.41, 5.74) is 2.67. The van der Waals surface area contributed by atoms with Gasteiger partial charge in [-0.25, -0.2) is 4.79 Å². The maximum absolute atomic E-state index is 12.0. The molecule has 2 rings (SSSR count). The van der Waals surface area contributed by atoms with Crippen molar-refractivity contribution in [1.82, 2.24) is 20.5 Å². The van der Waals surface area contributed by atoms with E-state index in [1.54, 1.807) is 13.3 Å². The quantitative estimate of drug-likeness (QED) is 0.822. The first-order valence-corrected chi connectivity index (χ1v) is 8.81. The third kappa shape index (κ3) is 5.34. The van der Waals surface area contributed by atoms with Gasteiger partial charge in [-0.15, -0.1) is 0 Å². The maximum atomic E-state index is 12.0. The number of pyridine rings is 1. The van der Waals surface area contributed by atoms with Crippen molar-refractivity contribution in [3.63, 3.8) is 0 Å². The predicted molar refractivity (Wildman–Crippen MR) is 95.5 cm³/mol. The Hall–Kier alpha value is -2.31. The smallest absolute Gasteiger partial charge is 0.315 e. The van der Waals surface area contributed by atoms with Crippen LogP contribution >= 0.6 is 0 Å². The molecule has 0 saturated carbocycles. The first kappa shape index (κ1) is 19.0. The van der Waals surface area contributed by atoms with Crippen molar-refractivity contribution in [3.05, 3.63) is 23.0 Å². The number of rotatable bonds is 6. The maximum Gasteiger partial charge on any atom is 0.315 e. The first-order valence-electron chi connectivity index (χ1n) is 8.81. The number of urea groups is 1. The molecule has 1 aliphatic rings. The number of nitrogens with one attached hydrogen (secondary N) is 2. The lowest BCUT2D eigenvalue weighted by molar-refractivity contribution is -0.130. The van der Waals surface area contributed by atoms with Crippen LogP contribution in [0.25, 0.3) is 0 Å². The fourth-order valence-corrected chi connectivity index (χ4v) is 3.06. The summed E-state index contributed by atoms with van der Waals surface area (Å²) in [7, 11) is 1.63. The second kappa shape index (κ2) is 9.25. The van der Waals surface area contributed by atoms with E-state index in [-0.39, 0.29) is 11.9 Å². The Bertz CT molecular complexity index is 619. The van der Waals surface area contributed by atoms with Crippen molar-refractivity contribution in [3.8, 4) is 5.75 Å². The largest absolute Gasteiger partial charge is 0.496 e. The van der Waals surface area contributed by atoms with Gasteiger partial charge in [0, 0.05) is 43.4 Å². The first-order chi connectivity index (χ1) is 12.0. The molecule has 2 N–H and O–H groups in total. The summed E-state index contributed by atoms with van der Waals surface area (Å²) in [5.74, 6) is 0.984. The molecule has 7 nitrogen and oxygen atoms in total. The number of carbonyl (C=O) groups is 2. The zero-order chi connectivity index (χ0) is 18.2. The normalized spacial score (nSPS) is 14.8. The van der Waals surface area contributed by atoms with Gasteiger partial charge in [-0.1, -0.05) is 6.42 Å². The SMILES string of the molecule is COc1c(C)cnc(CNC(=O)NCCN2CCCCCC2=O)c1C. The van der Waals surface area contributed by atoms with Gasteiger partial charge in [0.25, 0.3) is 0 Å².